The molecular formula is C14H14N2O3. The van der Waals surface area contributed by atoms with E-state index in [9.17, 15) is 14.9 Å². The summed E-state index contributed by atoms with van der Waals surface area (Å²) in [6.07, 6.45) is 0.797. The average molecular weight is 258 g/mol. The number of aromatic nitrogens is 1. The Morgan fingerprint density at radius 1 is 1.26 bits per heavy atom. The molecule has 2 aromatic rings. The summed E-state index contributed by atoms with van der Waals surface area (Å²) >= 11 is 0. The molecule has 1 aromatic heterocycles. The molecule has 2 rings (SSSR count). The SMILES string of the molecule is Cc1c(-n2c(C)cc(C=O)c2C)cccc1[N+](=O)[O-]. The van der Waals surface area contributed by atoms with Gasteiger partial charge in [0.25, 0.3) is 5.69 Å². The predicted molar refractivity (Wildman–Crippen MR) is 72.0 cm³/mol. The van der Waals surface area contributed by atoms with Crippen molar-refractivity contribution in [1.29, 1.82) is 0 Å². The lowest BCUT2D eigenvalue weighted by Gasteiger charge is -2.12. The number of hydrogen-bond donors (Lipinski definition) is 0. The standard InChI is InChI=1S/C14H14N2O3/c1-9-7-12(8-17)11(3)15(9)13-5-4-6-14(10(13)2)16(18)19/h4-8H,1-3H3. The number of nitro groups is 1. The van der Waals surface area contributed by atoms with Gasteiger partial charge in [0.1, 0.15) is 0 Å². The van der Waals surface area contributed by atoms with Gasteiger partial charge in [0.2, 0.25) is 0 Å². The van der Waals surface area contributed by atoms with Gasteiger partial charge in [-0.2, -0.15) is 0 Å². The first-order valence-corrected chi connectivity index (χ1v) is 5.86. The monoisotopic (exact) mass is 258 g/mol. The summed E-state index contributed by atoms with van der Waals surface area (Å²) < 4.78 is 1.87. The van der Waals surface area contributed by atoms with Crippen LogP contribution in [-0.4, -0.2) is 15.8 Å². The fraction of sp³-hybridized carbons (Fsp3) is 0.214. The first kappa shape index (κ1) is 13.0. The number of aryl methyl sites for hydroxylation is 1. The minimum Gasteiger partial charge on any atom is -0.317 e. The minimum absolute atomic E-state index is 0.0812. The fourth-order valence-electron chi connectivity index (χ4n) is 2.33. The third-order valence-electron chi connectivity index (χ3n) is 3.31. The second-order valence-corrected chi connectivity index (χ2v) is 4.46. The molecule has 0 amide bonds. The largest absolute Gasteiger partial charge is 0.317 e. The molecule has 0 aliphatic heterocycles. The molecule has 0 unspecified atom stereocenters. The maximum absolute atomic E-state index is 11.0. The van der Waals surface area contributed by atoms with Gasteiger partial charge in [-0.15, -0.1) is 0 Å². The molecule has 0 atom stereocenters. The molecule has 0 fully saturated rings. The number of hydrogen-bond acceptors (Lipinski definition) is 3. The lowest BCUT2D eigenvalue weighted by atomic mass is 10.1. The summed E-state index contributed by atoms with van der Waals surface area (Å²) in [5.41, 5.74) is 3.67. The number of carbonyl (C=O) groups excluding carboxylic acids is 1. The summed E-state index contributed by atoms with van der Waals surface area (Å²) in [6.45, 7) is 5.42. The minimum atomic E-state index is -0.395. The van der Waals surface area contributed by atoms with E-state index < -0.39 is 4.92 Å². The third-order valence-corrected chi connectivity index (χ3v) is 3.31. The Morgan fingerprint density at radius 3 is 2.47 bits per heavy atom. The highest BCUT2D eigenvalue weighted by molar-refractivity contribution is 5.78. The van der Waals surface area contributed by atoms with Crippen molar-refractivity contribution in [2.24, 2.45) is 0 Å². The topological polar surface area (TPSA) is 65.1 Å². The number of benzene rings is 1. The number of rotatable bonds is 3. The number of carbonyl (C=O) groups is 1. The molecule has 0 saturated heterocycles. The number of aldehydes is 1. The quantitative estimate of drug-likeness (QED) is 0.482. The van der Waals surface area contributed by atoms with Crippen molar-refractivity contribution >= 4 is 12.0 Å². The Balaban J connectivity index is 2.73. The van der Waals surface area contributed by atoms with Crippen LogP contribution in [0.4, 0.5) is 5.69 Å². The number of nitrogens with zero attached hydrogens (tertiary/aromatic N) is 2. The summed E-state index contributed by atoms with van der Waals surface area (Å²) in [6, 6.07) is 6.73. The lowest BCUT2D eigenvalue weighted by Crippen LogP contribution is -2.04. The summed E-state index contributed by atoms with van der Waals surface area (Å²) in [5, 5.41) is 11.0. The molecule has 0 saturated carbocycles. The maximum Gasteiger partial charge on any atom is 0.274 e. The van der Waals surface area contributed by atoms with E-state index in [4.69, 9.17) is 0 Å². The van der Waals surface area contributed by atoms with Crippen molar-refractivity contribution < 1.29 is 9.72 Å². The molecule has 0 bridgehead atoms. The van der Waals surface area contributed by atoms with Crippen LogP contribution in [0.2, 0.25) is 0 Å². The first-order chi connectivity index (χ1) is 8.97. The van der Waals surface area contributed by atoms with Crippen molar-refractivity contribution in [1.82, 2.24) is 4.57 Å². The molecule has 0 spiro atoms. The highest BCUT2D eigenvalue weighted by Gasteiger charge is 2.17. The van der Waals surface area contributed by atoms with E-state index in [0.717, 1.165) is 23.4 Å². The first-order valence-electron chi connectivity index (χ1n) is 5.86. The van der Waals surface area contributed by atoms with Crippen LogP contribution < -0.4 is 0 Å². The Bertz CT molecular complexity index is 672. The predicted octanol–water partition coefficient (Wildman–Crippen LogP) is 3.12. The van der Waals surface area contributed by atoms with Crippen LogP contribution in [0.5, 0.6) is 0 Å². The van der Waals surface area contributed by atoms with Crippen LogP contribution in [-0.2, 0) is 0 Å². The van der Waals surface area contributed by atoms with Crippen LogP contribution in [0.1, 0.15) is 27.3 Å². The van der Waals surface area contributed by atoms with E-state index in [-0.39, 0.29) is 5.69 Å². The third kappa shape index (κ3) is 2.03. The van der Waals surface area contributed by atoms with E-state index in [1.807, 2.05) is 24.5 Å². The molecule has 98 valence electrons. The van der Waals surface area contributed by atoms with Gasteiger partial charge in [0.05, 0.1) is 16.2 Å². The summed E-state index contributed by atoms with van der Waals surface area (Å²) in [4.78, 5) is 21.5. The van der Waals surface area contributed by atoms with Gasteiger partial charge < -0.3 is 4.57 Å². The zero-order chi connectivity index (χ0) is 14.2. The molecule has 5 heteroatoms. The Kier molecular flexibility index (Phi) is 3.21. The van der Waals surface area contributed by atoms with Gasteiger partial charge in [-0.25, -0.2) is 0 Å². The molecule has 1 aromatic carbocycles. The zero-order valence-corrected chi connectivity index (χ0v) is 11.0. The van der Waals surface area contributed by atoms with Gasteiger partial charge in [0, 0.05) is 23.0 Å². The average Bonchev–Trinajstić information content (AvgIpc) is 2.65. The van der Waals surface area contributed by atoms with Crippen molar-refractivity contribution in [2.45, 2.75) is 20.8 Å². The zero-order valence-electron chi connectivity index (χ0n) is 11.0. The van der Waals surface area contributed by atoms with E-state index in [2.05, 4.69) is 0 Å². The van der Waals surface area contributed by atoms with E-state index >= 15 is 0 Å². The van der Waals surface area contributed by atoms with Gasteiger partial charge >= 0.3 is 0 Å². The Labute approximate surface area is 110 Å². The smallest absolute Gasteiger partial charge is 0.274 e. The molecule has 0 radical (unpaired) electrons. The Hall–Kier alpha value is -2.43. The second-order valence-electron chi connectivity index (χ2n) is 4.46. The maximum atomic E-state index is 11.0. The highest BCUT2D eigenvalue weighted by Crippen LogP contribution is 2.27. The molecule has 0 aliphatic rings. The normalized spacial score (nSPS) is 10.5. The second kappa shape index (κ2) is 4.68. The molecule has 19 heavy (non-hydrogen) atoms. The lowest BCUT2D eigenvalue weighted by molar-refractivity contribution is -0.385. The molecule has 0 N–H and O–H groups in total. The summed E-state index contributed by atoms with van der Waals surface area (Å²) in [5.74, 6) is 0. The molecular weight excluding hydrogens is 244 g/mol. The molecule has 0 aliphatic carbocycles. The van der Waals surface area contributed by atoms with Crippen LogP contribution in [0, 0.1) is 30.9 Å². The molecule has 1 heterocycles. The van der Waals surface area contributed by atoms with Crippen LogP contribution >= 0.6 is 0 Å². The van der Waals surface area contributed by atoms with Gasteiger partial charge in [0.15, 0.2) is 6.29 Å². The van der Waals surface area contributed by atoms with Crippen molar-refractivity contribution in [3.63, 3.8) is 0 Å². The van der Waals surface area contributed by atoms with E-state index in [0.29, 0.717) is 11.1 Å². The fourth-order valence-corrected chi connectivity index (χ4v) is 2.33. The number of nitro benzene ring substituents is 1. The van der Waals surface area contributed by atoms with Crippen LogP contribution in [0.3, 0.4) is 0 Å². The van der Waals surface area contributed by atoms with Crippen molar-refractivity contribution in [3.8, 4) is 5.69 Å². The van der Waals surface area contributed by atoms with Gasteiger partial charge in [-0.05, 0) is 32.9 Å². The van der Waals surface area contributed by atoms with Crippen molar-refractivity contribution in [3.05, 3.63) is 56.9 Å². The van der Waals surface area contributed by atoms with Crippen molar-refractivity contribution in [2.75, 3.05) is 0 Å². The van der Waals surface area contributed by atoms with E-state index in [1.54, 1.807) is 19.1 Å². The Morgan fingerprint density at radius 2 is 1.95 bits per heavy atom. The summed E-state index contributed by atoms with van der Waals surface area (Å²) in [7, 11) is 0. The van der Waals surface area contributed by atoms with Crippen LogP contribution in [0.15, 0.2) is 24.3 Å². The van der Waals surface area contributed by atoms with Crippen LogP contribution in [0.25, 0.3) is 5.69 Å². The molecule has 5 nitrogen and oxygen atoms in total. The van der Waals surface area contributed by atoms with Gasteiger partial charge in [-0.1, -0.05) is 6.07 Å². The van der Waals surface area contributed by atoms with Gasteiger partial charge in [-0.3, -0.25) is 14.9 Å². The van der Waals surface area contributed by atoms with E-state index in [1.165, 1.54) is 6.07 Å². The highest BCUT2D eigenvalue weighted by atomic mass is 16.6.